The molecule has 0 radical (unpaired) electrons. The number of fused-ring (bicyclic) bond motifs is 1. The summed E-state index contributed by atoms with van der Waals surface area (Å²) in [5.74, 6) is 0.587. The van der Waals surface area contributed by atoms with Crippen molar-refractivity contribution in [3.05, 3.63) is 47.3 Å². The van der Waals surface area contributed by atoms with Crippen molar-refractivity contribution in [2.24, 2.45) is 0 Å². The monoisotopic (exact) mass is 237 g/mol. The Kier molecular flexibility index (Phi) is 2.34. The summed E-state index contributed by atoms with van der Waals surface area (Å²) in [6, 6.07) is 9.53. The third-order valence-electron chi connectivity index (χ3n) is 2.99. The molecule has 1 aromatic heterocycles. The highest BCUT2D eigenvalue weighted by Gasteiger charge is 2.21. The van der Waals surface area contributed by atoms with Gasteiger partial charge in [-0.15, -0.1) is 0 Å². The fraction of sp³-hybridized carbons (Fsp3) is 0.154. The van der Waals surface area contributed by atoms with E-state index < -0.39 is 0 Å². The normalized spacial score (nSPS) is 13.2. The minimum atomic E-state index is 0.385. The van der Waals surface area contributed by atoms with Gasteiger partial charge in [-0.3, -0.25) is 0 Å². The van der Waals surface area contributed by atoms with Crippen molar-refractivity contribution in [1.29, 1.82) is 5.26 Å². The van der Waals surface area contributed by atoms with Crippen LogP contribution < -0.4 is 10.6 Å². The van der Waals surface area contributed by atoms with Gasteiger partial charge in [-0.1, -0.05) is 6.07 Å². The summed E-state index contributed by atoms with van der Waals surface area (Å²) >= 11 is 0. The molecule has 0 bridgehead atoms. The standard InChI is InChI=1S/C13H11N5/c14-6-12-3-4-16-13(17-12)18-7-9-1-2-11(15)5-10(9)8-18/h1-5H,7-8,15H2. The fourth-order valence-electron chi connectivity index (χ4n) is 2.12. The zero-order valence-electron chi connectivity index (χ0n) is 9.67. The summed E-state index contributed by atoms with van der Waals surface area (Å²) < 4.78 is 0. The van der Waals surface area contributed by atoms with Crippen LogP contribution in [-0.4, -0.2) is 9.97 Å². The van der Waals surface area contributed by atoms with Gasteiger partial charge in [0.2, 0.25) is 5.95 Å². The summed E-state index contributed by atoms with van der Waals surface area (Å²) in [5, 5.41) is 8.84. The minimum absolute atomic E-state index is 0.385. The van der Waals surface area contributed by atoms with E-state index in [2.05, 4.69) is 9.97 Å². The van der Waals surface area contributed by atoms with E-state index in [0.29, 0.717) is 11.6 Å². The van der Waals surface area contributed by atoms with Crippen molar-refractivity contribution >= 4 is 11.6 Å². The maximum absolute atomic E-state index is 8.84. The van der Waals surface area contributed by atoms with Crippen molar-refractivity contribution in [2.45, 2.75) is 13.1 Å². The second-order valence-electron chi connectivity index (χ2n) is 4.24. The lowest BCUT2D eigenvalue weighted by molar-refractivity contribution is 0.826. The fourth-order valence-corrected chi connectivity index (χ4v) is 2.12. The molecule has 18 heavy (non-hydrogen) atoms. The molecule has 1 aliphatic rings. The number of hydrogen-bond donors (Lipinski definition) is 1. The predicted octanol–water partition coefficient (Wildman–Crippen LogP) is 1.45. The lowest BCUT2D eigenvalue weighted by Gasteiger charge is -2.14. The SMILES string of the molecule is N#Cc1ccnc(N2Cc3ccc(N)cc3C2)n1. The molecule has 2 aromatic rings. The number of nitrogen functional groups attached to an aromatic ring is 1. The maximum atomic E-state index is 8.84. The van der Waals surface area contributed by atoms with Gasteiger partial charge in [0.05, 0.1) is 0 Å². The summed E-state index contributed by atoms with van der Waals surface area (Å²) in [6.07, 6.45) is 1.61. The van der Waals surface area contributed by atoms with Gasteiger partial charge < -0.3 is 10.6 Å². The largest absolute Gasteiger partial charge is 0.399 e. The second-order valence-corrected chi connectivity index (χ2v) is 4.24. The Bertz CT molecular complexity index is 644. The van der Waals surface area contributed by atoms with E-state index in [0.717, 1.165) is 18.8 Å². The average molecular weight is 237 g/mol. The Morgan fingerprint density at radius 2 is 2.06 bits per heavy atom. The molecule has 0 saturated heterocycles. The molecule has 3 rings (SSSR count). The van der Waals surface area contributed by atoms with E-state index in [4.69, 9.17) is 11.0 Å². The zero-order chi connectivity index (χ0) is 12.5. The molecule has 0 atom stereocenters. The molecular formula is C13H11N5. The first-order valence-electron chi connectivity index (χ1n) is 5.61. The van der Waals surface area contributed by atoms with Crippen LogP contribution in [0.15, 0.2) is 30.5 Å². The number of anilines is 2. The lowest BCUT2D eigenvalue weighted by atomic mass is 10.1. The molecule has 0 saturated carbocycles. The number of hydrogen-bond acceptors (Lipinski definition) is 5. The first-order chi connectivity index (χ1) is 8.76. The van der Waals surface area contributed by atoms with Crippen LogP contribution in [0.5, 0.6) is 0 Å². The number of nitriles is 1. The molecular weight excluding hydrogens is 226 g/mol. The third-order valence-corrected chi connectivity index (χ3v) is 2.99. The van der Waals surface area contributed by atoms with E-state index >= 15 is 0 Å². The van der Waals surface area contributed by atoms with Crippen molar-refractivity contribution in [3.8, 4) is 6.07 Å². The van der Waals surface area contributed by atoms with E-state index in [1.54, 1.807) is 12.3 Å². The van der Waals surface area contributed by atoms with Gasteiger partial charge in [-0.25, -0.2) is 9.97 Å². The van der Waals surface area contributed by atoms with Crippen LogP contribution in [0.2, 0.25) is 0 Å². The molecule has 2 heterocycles. The molecule has 0 fully saturated rings. The second kappa shape index (κ2) is 4.00. The predicted molar refractivity (Wildman–Crippen MR) is 67.5 cm³/mol. The van der Waals surface area contributed by atoms with E-state index in [1.807, 2.05) is 29.2 Å². The highest BCUT2D eigenvalue weighted by molar-refractivity contribution is 5.51. The lowest BCUT2D eigenvalue weighted by Crippen LogP contribution is -2.17. The number of nitrogens with zero attached hydrogens (tertiary/aromatic N) is 4. The van der Waals surface area contributed by atoms with Crippen molar-refractivity contribution in [1.82, 2.24) is 9.97 Å². The topological polar surface area (TPSA) is 78.8 Å². The van der Waals surface area contributed by atoms with E-state index in [1.165, 1.54) is 11.1 Å². The Hall–Kier alpha value is -2.61. The highest BCUT2D eigenvalue weighted by Crippen LogP contribution is 2.27. The van der Waals surface area contributed by atoms with Gasteiger partial charge in [0.15, 0.2) is 0 Å². The molecule has 1 aromatic carbocycles. The Labute approximate surface area is 105 Å². The number of nitrogens with two attached hydrogens (primary N) is 1. The number of rotatable bonds is 1. The van der Waals surface area contributed by atoms with Gasteiger partial charge in [0, 0.05) is 25.0 Å². The Morgan fingerprint density at radius 3 is 2.89 bits per heavy atom. The molecule has 0 amide bonds. The molecule has 88 valence electrons. The number of benzene rings is 1. The average Bonchev–Trinajstić information content (AvgIpc) is 2.81. The highest BCUT2D eigenvalue weighted by atomic mass is 15.3. The maximum Gasteiger partial charge on any atom is 0.227 e. The quantitative estimate of drug-likeness (QED) is 0.759. The van der Waals surface area contributed by atoms with E-state index in [9.17, 15) is 0 Å². The van der Waals surface area contributed by atoms with Crippen LogP contribution in [-0.2, 0) is 13.1 Å². The minimum Gasteiger partial charge on any atom is -0.399 e. The molecule has 2 N–H and O–H groups in total. The van der Waals surface area contributed by atoms with Gasteiger partial charge in [0.25, 0.3) is 0 Å². The van der Waals surface area contributed by atoms with Gasteiger partial charge in [0.1, 0.15) is 11.8 Å². The summed E-state index contributed by atoms with van der Waals surface area (Å²) in [5.41, 5.74) is 9.35. The van der Waals surface area contributed by atoms with Gasteiger partial charge in [-0.2, -0.15) is 5.26 Å². The first kappa shape index (κ1) is 10.5. The van der Waals surface area contributed by atoms with Crippen LogP contribution in [0.4, 0.5) is 11.6 Å². The third kappa shape index (κ3) is 1.74. The molecule has 0 aliphatic carbocycles. The van der Waals surface area contributed by atoms with Crippen LogP contribution in [0.1, 0.15) is 16.8 Å². The molecule has 5 heteroatoms. The van der Waals surface area contributed by atoms with Crippen LogP contribution in [0.25, 0.3) is 0 Å². The smallest absolute Gasteiger partial charge is 0.227 e. The molecule has 0 unspecified atom stereocenters. The molecule has 1 aliphatic heterocycles. The van der Waals surface area contributed by atoms with E-state index in [-0.39, 0.29) is 0 Å². The summed E-state index contributed by atoms with van der Waals surface area (Å²) in [4.78, 5) is 10.4. The van der Waals surface area contributed by atoms with Crippen molar-refractivity contribution in [3.63, 3.8) is 0 Å². The zero-order valence-corrected chi connectivity index (χ0v) is 9.67. The van der Waals surface area contributed by atoms with Gasteiger partial charge >= 0.3 is 0 Å². The van der Waals surface area contributed by atoms with Crippen LogP contribution in [0, 0.1) is 11.3 Å². The van der Waals surface area contributed by atoms with Crippen LogP contribution >= 0.6 is 0 Å². The summed E-state index contributed by atoms with van der Waals surface area (Å²) in [6.45, 7) is 1.49. The Morgan fingerprint density at radius 1 is 1.22 bits per heavy atom. The molecule has 0 spiro atoms. The molecule has 5 nitrogen and oxygen atoms in total. The Balaban J connectivity index is 1.91. The number of aromatic nitrogens is 2. The van der Waals surface area contributed by atoms with Gasteiger partial charge in [-0.05, 0) is 29.3 Å². The van der Waals surface area contributed by atoms with Crippen molar-refractivity contribution in [2.75, 3.05) is 10.6 Å². The van der Waals surface area contributed by atoms with Crippen molar-refractivity contribution < 1.29 is 0 Å². The van der Waals surface area contributed by atoms with Crippen LogP contribution in [0.3, 0.4) is 0 Å². The summed E-state index contributed by atoms with van der Waals surface area (Å²) in [7, 11) is 0. The first-order valence-corrected chi connectivity index (χ1v) is 5.61.